The first-order valence-electron chi connectivity index (χ1n) is 4.25. The Morgan fingerprint density at radius 1 is 1.69 bits per heavy atom. The summed E-state index contributed by atoms with van der Waals surface area (Å²) in [4.78, 5) is 4.19. The second-order valence-electron chi connectivity index (χ2n) is 3.03. The minimum atomic E-state index is 0.266. The molecule has 1 aliphatic rings. The predicted molar refractivity (Wildman–Crippen MR) is 53.5 cm³/mol. The molecular formula is C7H13N5S. The van der Waals surface area contributed by atoms with E-state index in [0.717, 1.165) is 18.1 Å². The first kappa shape index (κ1) is 8.83. The number of nitrogens with zero attached hydrogens (tertiary/aromatic N) is 3. The molecule has 1 atom stereocenters. The van der Waals surface area contributed by atoms with Gasteiger partial charge in [-0.05, 0) is 0 Å². The smallest absolute Gasteiger partial charge is 0.218 e. The molecule has 0 spiro atoms. The molecule has 0 bridgehead atoms. The third kappa shape index (κ3) is 1.78. The molecule has 0 radical (unpaired) electrons. The van der Waals surface area contributed by atoms with Gasteiger partial charge in [0.2, 0.25) is 5.95 Å². The van der Waals surface area contributed by atoms with Gasteiger partial charge in [0, 0.05) is 25.1 Å². The van der Waals surface area contributed by atoms with Crippen molar-refractivity contribution in [3.8, 4) is 0 Å². The van der Waals surface area contributed by atoms with Crippen LogP contribution in [0.4, 0.5) is 5.95 Å². The van der Waals surface area contributed by atoms with Gasteiger partial charge in [0.25, 0.3) is 0 Å². The van der Waals surface area contributed by atoms with Crippen LogP contribution in [-0.4, -0.2) is 32.8 Å². The maximum Gasteiger partial charge on any atom is 0.218 e. The number of aryl methyl sites for hydroxylation is 1. The number of thioether (sulfide) groups is 1. The number of hydrogen-bond acceptors (Lipinski definition) is 5. The van der Waals surface area contributed by atoms with Crippen molar-refractivity contribution in [1.29, 1.82) is 0 Å². The van der Waals surface area contributed by atoms with E-state index < -0.39 is 0 Å². The van der Waals surface area contributed by atoms with Crippen LogP contribution in [0.15, 0.2) is 0 Å². The number of aromatic nitrogens is 3. The molecule has 1 fully saturated rings. The molecule has 0 aromatic carbocycles. The topological polar surface area (TPSA) is 68.8 Å². The normalized spacial score (nSPS) is 23.3. The van der Waals surface area contributed by atoms with E-state index in [1.165, 1.54) is 5.75 Å². The van der Waals surface area contributed by atoms with Crippen molar-refractivity contribution < 1.29 is 0 Å². The van der Waals surface area contributed by atoms with Gasteiger partial charge in [0.1, 0.15) is 0 Å². The molecule has 3 N–H and O–H groups in total. The quantitative estimate of drug-likeness (QED) is 0.654. The molecule has 1 aliphatic heterocycles. The fourth-order valence-corrected chi connectivity index (χ4v) is 2.23. The average Bonchev–Trinajstić information content (AvgIpc) is 2.49. The van der Waals surface area contributed by atoms with Gasteiger partial charge in [-0.25, -0.2) is 4.68 Å². The summed E-state index contributed by atoms with van der Waals surface area (Å²) >= 11 is 1.92. The SMILES string of the molecule is Cn1nc(C2CSCCN2)nc1N. The summed E-state index contributed by atoms with van der Waals surface area (Å²) in [6.07, 6.45) is 0. The highest BCUT2D eigenvalue weighted by Gasteiger charge is 2.19. The number of nitrogens with two attached hydrogens (primary N) is 1. The van der Waals surface area contributed by atoms with Gasteiger partial charge in [-0.3, -0.25) is 0 Å². The van der Waals surface area contributed by atoms with E-state index in [4.69, 9.17) is 5.73 Å². The van der Waals surface area contributed by atoms with E-state index >= 15 is 0 Å². The Balaban J connectivity index is 2.14. The molecule has 2 heterocycles. The molecule has 1 saturated heterocycles. The molecule has 1 unspecified atom stereocenters. The zero-order chi connectivity index (χ0) is 9.26. The molecule has 5 nitrogen and oxygen atoms in total. The summed E-state index contributed by atoms with van der Waals surface area (Å²) in [7, 11) is 1.81. The molecule has 72 valence electrons. The maximum atomic E-state index is 5.60. The molecule has 0 aliphatic carbocycles. The molecule has 1 aromatic heterocycles. The lowest BCUT2D eigenvalue weighted by molar-refractivity contribution is 0.558. The summed E-state index contributed by atoms with van der Waals surface area (Å²) in [5, 5.41) is 7.60. The minimum Gasteiger partial charge on any atom is -0.368 e. The van der Waals surface area contributed by atoms with Crippen LogP contribution < -0.4 is 11.1 Å². The van der Waals surface area contributed by atoms with Gasteiger partial charge in [-0.15, -0.1) is 0 Å². The highest BCUT2D eigenvalue weighted by atomic mass is 32.2. The molecule has 13 heavy (non-hydrogen) atoms. The van der Waals surface area contributed by atoms with Crippen LogP contribution in [0, 0.1) is 0 Å². The zero-order valence-electron chi connectivity index (χ0n) is 7.53. The van der Waals surface area contributed by atoms with E-state index in [2.05, 4.69) is 15.4 Å². The van der Waals surface area contributed by atoms with Gasteiger partial charge in [0.15, 0.2) is 5.82 Å². The van der Waals surface area contributed by atoms with Crippen molar-refractivity contribution in [3.05, 3.63) is 5.82 Å². The van der Waals surface area contributed by atoms with Gasteiger partial charge < -0.3 is 11.1 Å². The number of rotatable bonds is 1. The van der Waals surface area contributed by atoms with Gasteiger partial charge in [-0.1, -0.05) is 0 Å². The third-order valence-corrected chi connectivity index (χ3v) is 3.11. The van der Waals surface area contributed by atoms with Crippen molar-refractivity contribution in [2.75, 3.05) is 23.8 Å². The summed E-state index contributed by atoms with van der Waals surface area (Å²) < 4.78 is 1.61. The Hall–Kier alpha value is -0.750. The molecule has 0 amide bonds. The fraction of sp³-hybridized carbons (Fsp3) is 0.714. The minimum absolute atomic E-state index is 0.266. The Labute approximate surface area is 81.1 Å². The first-order chi connectivity index (χ1) is 6.27. The van der Waals surface area contributed by atoms with Gasteiger partial charge >= 0.3 is 0 Å². The van der Waals surface area contributed by atoms with E-state index in [9.17, 15) is 0 Å². The molecule has 2 rings (SSSR count). The van der Waals surface area contributed by atoms with Crippen molar-refractivity contribution >= 4 is 17.7 Å². The Kier molecular flexibility index (Phi) is 2.41. The Morgan fingerprint density at radius 2 is 2.54 bits per heavy atom. The van der Waals surface area contributed by atoms with Crippen molar-refractivity contribution in [3.63, 3.8) is 0 Å². The van der Waals surface area contributed by atoms with E-state index in [1.54, 1.807) is 4.68 Å². The van der Waals surface area contributed by atoms with Crippen LogP contribution in [0.25, 0.3) is 0 Å². The number of hydrogen-bond donors (Lipinski definition) is 2. The summed E-state index contributed by atoms with van der Waals surface area (Å²) in [6, 6.07) is 0.266. The second kappa shape index (κ2) is 3.55. The highest BCUT2D eigenvalue weighted by Crippen LogP contribution is 2.19. The summed E-state index contributed by atoms with van der Waals surface area (Å²) in [6.45, 7) is 1.02. The molecule has 6 heteroatoms. The van der Waals surface area contributed by atoms with E-state index in [-0.39, 0.29) is 6.04 Å². The molecular weight excluding hydrogens is 186 g/mol. The maximum absolute atomic E-state index is 5.60. The van der Waals surface area contributed by atoms with Crippen LogP contribution in [0.1, 0.15) is 11.9 Å². The number of nitrogens with one attached hydrogen (secondary N) is 1. The first-order valence-corrected chi connectivity index (χ1v) is 5.40. The van der Waals surface area contributed by atoms with E-state index in [0.29, 0.717) is 5.95 Å². The zero-order valence-corrected chi connectivity index (χ0v) is 8.34. The predicted octanol–water partition coefficient (Wildman–Crippen LogP) is -0.225. The lowest BCUT2D eigenvalue weighted by Gasteiger charge is -2.19. The summed E-state index contributed by atoms with van der Waals surface area (Å²) in [5.41, 5.74) is 5.60. The lowest BCUT2D eigenvalue weighted by atomic mass is 10.3. The average molecular weight is 199 g/mol. The van der Waals surface area contributed by atoms with Gasteiger partial charge in [0.05, 0.1) is 6.04 Å². The van der Waals surface area contributed by atoms with Crippen molar-refractivity contribution in [2.24, 2.45) is 7.05 Å². The monoisotopic (exact) mass is 199 g/mol. The van der Waals surface area contributed by atoms with Crippen LogP contribution in [0.3, 0.4) is 0 Å². The largest absolute Gasteiger partial charge is 0.368 e. The van der Waals surface area contributed by atoms with Gasteiger partial charge in [-0.2, -0.15) is 21.8 Å². The van der Waals surface area contributed by atoms with Crippen LogP contribution in [-0.2, 0) is 7.05 Å². The fourth-order valence-electron chi connectivity index (χ4n) is 1.30. The Morgan fingerprint density at radius 3 is 3.08 bits per heavy atom. The highest BCUT2D eigenvalue weighted by molar-refractivity contribution is 7.99. The van der Waals surface area contributed by atoms with Crippen molar-refractivity contribution in [1.82, 2.24) is 20.1 Å². The van der Waals surface area contributed by atoms with Crippen LogP contribution in [0.2, 0.25) is 0 Å². The Bertz CT molecular complexity index is 272. The molecule has 0 saturated carbocycles. The second-order valence-corrected chi connectivity index (χ2v) is 4.18. The third-order valence-electron chi connectivity index (χ3n) is 2.05. The lowest BCUT2D eigenvalue weighted by Crippen LogP contribution is -2.31. The van der Waals surface area contributed by atoms with Crippen LogP contribution in [0.5, 0.6) is 0 Å². The van der Waals surface area contributed by atoms with Crippen LogP contribution >= 0.6 is 11.8 Å². The molecule has 1 aromatic rings. The number of anilines is 1. The number of nitrogen functional groups attached to an aromatic ring is 1. The van der Waals surface area contributed by atoms with Crippen molar-refractivity contribution in [2.45, 2.75) is 6.04 Å². The standard InChI is InChI=1S/C7H13N5S/c1-12-7(8)10-6(11-12)5-4-13-3-2-9-5/h5,9H,2-4H2,1H3,(H2,8,10,11). The summed E-state index contributed by atoms with van der Waals surface area (Å²) in [5.74, 6) is 3.49. The van der Waals surface area contributed by atoms with E-state index in [1.807, 2.05) is 18.8 Å².